The summed E-state index contributed by atoms with van der Waals surface area (Å²) in [6.45, 7) is 4.78. The standard InChI is InChI=1S/C13H16O5/c1-7(2)10(14)8-4-9(11(15)16)6-13(3,5-8)12(17)18/h4-5,7H,6H2,1-3H3,(H,15,16)(H,17,18). The van der Waals surface area contributed by atoms with Crippen molar-refractivity contribution < 1.29 is 24.6 Å². The van der Waals surface area contributed by atoms with E-state index in [1.54, 1.807) is 13.8 Å². The molecular formula is C13H16O5. The maximum atomic E-state index is 11.9. The Balaban J connectivity index is 3.28. The Morgan fingerprint density at radius 3 is 2.22 bits per heavy atom. The summed E-state index contributed by atoms with van der Waals surface area (Å²) in [6.07, 6.45) is 2.51. The van der Waals surface area contributed by atoms with Gasteiger partial charge in [0.1, 0.15) is 0 Å². The van der Waals surface area contributed by atoms with Gasteiger partial charge in [0.05, 0.1) is 5.41 Å². The minimum Gasteiger partial charge on any atom is -0.481 e. The molecule has 18 heavy (non-hydrogen) atoms. The Labute approximate surface area is 105 Å². The van der Waals surface area contributed by atoms with Crippen LogP contribution in [0.25, 0.3) is 0 Å². The highest BCUT2D eigenvalue weighted by molar-refractivity contribution is 6.03. The average molecular weight is 252 g/mol. The van der Waals surface area contributed by atoms with Crippen molar-refractivity contribution in [3.8, 4) is 0 Å². The summed E-state index contributed by atoms with van der Waals surface area (Å²) in [5.41, 5.74) is -1.23. The molecule has 98 valence electrons. The van der Waals surface area contributed by atoms with E-state index in [-0.39, 0.29) is 29.3 Å². The van der Waals surface area contributed by atoms with E-state index in [2.05, 4.69) is 0 Å². The van der Waals surface area contributed by atoms with E-state index in [4.69, 9.17) is 10.2 Å². The molecule has 1 unspecified atom stereocenters. The molecular weight excluding hydrogens is 236 g/mol. The third-order valence-corrected chi connectivity index (χ3v) is 2.93. The zero-order valence-electron chi connectivity index (χ0n) is 10.6. The van der Waals surface area contributed by atoms with Gasteiger partial charge >= 0.3 is 11.9 Å². The topological polar surface area (TPSA) is 91.7 Å². The van der Waals surface area contributed by atoms with E-state index >= 15 is 0 Å². The highest BCUT2D eigenvalue weighted by Gasteiger charge is 2.37. The van der Waals surface area contributed by atoms with Gasteiger partial charge in [-0.2, -0.15) is 0 Å². The number of hydrogen-bond donors (Lipinski definition) is 2. The summed E-state index contributed by atoms with van der Waals surface area (Å²) in [6, 6.07) is 0. The van der Waals surface area contributed by atoms with Crippen LogP contribution in [0.15, 0.2) is 23.3 Å². The van der Waals surface area contributed by atoms with Crippen molar-refractivity contribution in [2.75, 3.05) is 0 Å². The van der Waals surface area contributed by atoms with Gasteiger partial charge in [-0.25, -0.2) is 4.79 Å². The van der Waals surface area contributed by atoms with Crippen molar-refractivity contribution in [2.24, 2.45) is 11.3 Å². The van der Waals surface area contributed by atoms with Crippen LogP contribution in [0.5, 0.6) is 0 Å². The maximum absolute atomic E-state index is 11.9. The van der Waals surface area contributed by atoms with Gasteiger partial charge in [-0.1, -0.05) is 19.9 Å². The van der Waals surface area contributed by atoms with Crippen LogP contribution in [0.1, 0.15) is 27.2 Å². The Morgan fingerprint density at radius 1 is 1.28 bits per heavy atom. The second-order valence-corrected chi connectivity index (χ2v) is 4.99. The van der Waals surface area contributed by atoms with Crippen molar-refractivity contribution in [3.63, 3.8) is 0 Å². The number of aliphatic carboxylic acids is 2. The van der Waals surface area contributed by atoms with Crippen LogP contribution >= 0.6 is 0 Å². The van der Waals surface area contributed by atoms with E-state index < -0.39 is 17.4 Å². The lowest BCUT2D eigenvalue weighted by Crippen LogP contribution is -2.31. The molecule has 0 radical (unpaired) electrons. The van der Waals surface area contributed by atoms with Gasteiger partial charge in [-0.3, -0.25) is 9.59 Å². The van der Waals surface area contributed by atoms with E-state index in [0.717, 1.165) is 0 Å². The monoisotopic (exact) mass is 252 g/mol. The van der Waals surface area contributed by atoms with Crippen molar-refractivity contribution in [1.82, 2.24) is 0 Å². The molecule has 0 aromatic heterocycles. The van der Waals surface area contributed by atoms with Crippen molar-refractivity contribution >= 4 is 17.7 Å². The number of rotatable bonds is 4. The first-order chi connectivity index (χ1) is 8.17. The summed E-state index contributed by atoms with van der Waals surface area (Å²) in [7, 11) is 0. The molecule has 5 heteroatoms. The highest BCUT2D eigenvalue weighted by atomic mass is 16.4. The molecule has 1 aliphatic carbocycles. The molecule has 0 heterocycles. The average Bonchev–Trinajstić information content (AvgIpc) is 2.26. The number of carbonyl (C=O) groups excluding carboxylic acids is 1. The number of carboxylic acid groups (broad SMARTS) is 2. The Morgan fingerprint density at radius 2 is 1.83 bits per heavy atom. The number of Topliss-reactive ketones (excluding diaryl/α,β-unsaturated/α-hetero) is 1. The molecule has 0 spiro atoms. The smallest absolute Gasteiger partial charge is 0.331 e. The SMILES string of the molecule is CC(C)C(=O)C1=CC(C)(C(=O)O)CC(C(=O)O)=C1. The Hall–Kier alpha value is -1.91. The minimum atomic E-state index is -1.34. The highest BCUT2D eigenvalue weighted by Crippen LogP contribution is 2.35. The molecule has 1 aliphatic rings. The van der Waals surface area contributed by atoms with Crippen LogP contribution in [0.3, 0.4) is 0 Å². The lowest BCUT2D eigenvalue weighted by Gasteiger charge is -2.26. The van der Waals surface area contributed by atoms with Gasteiger partial charge in [-0.15, -0.1) is 0 Å². The van der Waals surface area contributed by atoms with Crippen LogP contribution in [0, 0.1) is 11.3 Å². The van der Waals surface area contributed by atoms with Crippen molar-refractivity contribution in [3.05, 3.63) is 23.3 Å². The fourth-order valence-electron chi connectivity index (χ4n) is 1.82. The molecule has 1 atom stereocenters. The first-order valence-corrected chi connectivity index (χ1v) is 5.61. The van der Waals surface area contributed by atoms with Crippen LogP contribution < -0.4 is 0 Å². The van der Waals surface area contributed by atoms with Crippen LogP contribution in [-0.2, 0) is 14.4 Å². The molecule has 2 N–H and O–H groups in total. The number of allylic oxidation sites excluding steroid dienone is 2. The van der Waals surface area contributed by atoms with E-state index in [9.17, 15) is 14.4 Å². The maximum Gasteiger partial charge on any atom is 0.331 e. The first kappa shape index (κ1) is 14.2. The zero-order valence-corrected chi connectivity index (χ0v) is 10.6. The quantitative estimate of drug-likeness (QED) is 0.793. The van der Waals surface area contributed by atoms with Gasteiger partial charge in [-0.05, 0) is 19.4 Å². The summed E-state index contributed by atoms with van der Waals surface area (Å²) >= 11 is 0. The predicted molar refractivity (Wildman–Crippen MR) is 64.0 cm³/mol. The molecule has 0 bridgehead atoms. The normalized spacial score (nSPS) is 23.3. The summed E-state index contributed by atoms with van der Waals surface area (Å²) in [5, 5.41) is 18.1. The molecule has 0 amide bonds. The Kier molecular flexibility index (Phi) is 3.74. The second kappa shape index (κ2) is 4.76. The van der Waals surface area contributed by atoms with Crippen LogP contribution in [-0.4, -0.2) is 27.9 Å². The second-order valence-electron chi connectivity index (χ2n) is 4.99. The minimum absolute atomic E-state index is 0.0496. The number of carboxylic acids is 2. The molecule has 0 aromatic rings. The molecule has 0 saturated carbocycles. The Bertz CT molecular complexity index is 470. The largest absolute Gasteiger partial charge is 0.481 e. The predicted octanol–water partition coefficient (Wildman–Crippen LogP) is 1.64. The molecule has 5 nitrogen and oxygen atoms in total. The molecule has 0 aromatic carbocycles. The molecule has 0 saturated heterocycles. The van der Waals surface area contributed by atoms with Gasteiger partial charge in [0.15, 0.2) is 5.78 Å². The fraction of sp³-hybridized carbons (Fsp3) is 0.462. The summed E-state index contributed by atoms with van der Waals surface area (Å²) in [4.78, 5) is 34.1. The lowest BCUT2D eigenvalue weighted by atomic mass is 9.76. The van der Waals surface area contributed by atoms with Gasteiger partial charge < -0.3 is 10.2 Å². The summed E-state index contributed by atoms with van der Waals surface area (Å²) < 4.78 is 0. The molecule has 1 rings (SSSR count). The van der Waals surface area contributed by atoms with Crippen LogP contribution in [0.4, 0.5) is 0 Å². The van der Waals surface area contributed by atoms with Crippen molar-refractivity contribution in [2.45, 2.75) is 27.2 Å². The lowest BCUT2D eigenvalue weighted by molar-refractivity contribution is -0.145. The fourth-order valence-corrected chi connectivity index (χ4v) is 1.82. The van der Waals surface area contributed by atoms with E-state index in [0.29, 0.717) is 0 Å². The van der Waals surface area contributed by atoms with E-state index in [1.807, 2.05) is 0 Å². The third kappa shape index (κ3) is 2.67. The zero-order chi connectivity index (χ0) is 14.1. The van der Waals surface area contributed by atoms with Crippen molar-refractivity contribution in [1.29, 1.82) is 0 Å². The van der Waals surface area contributed by atoms with Gasteiger partial charge in [0.2, 0.25) is 0 Å². The van der Waals surface area contributed by atoms with E-state index in [1.165, 1.54) is 19.1 Å². The van der Waals surface area contributed by atoms with Gasteiger partial charge in [0, 0.05) is 17.1 Å². The third-order valence-electron chi connectivity index (χ3n) is 2.93. The summed E-state index contributed by atoms with van der Waals surface area (Å²) in [5.74, 6) is -2.88. The number of hydrogen-bond acceptors (Lipinski definition) is 3. The number of carbonyl (C=O) groups is 3. The first-order valence-electron chi connectivity index (χ1n) is 5.61. The molecule has 0 fully saturated rings. The van der Waals surface area contributed by atoms with Gasteiger partial charge in [0.25, 0.3) is 0 Å². The number of ketones is 1. The molecule has 0 aliphatic heterocycles. The van der Waals surface area contributed by atoms with Crippen LogP contribution in [0.2, 0.25) is 0 Å².